The van der Waals surface area contributed by atoms with Crippen molar-refractivity contribution in [3.05, 3.63) is 36.2 Å². The Bertz CT molecular complexity index is 1370. The average Bonchev–Trinajstić information content (AvgIpc) is 3.34. The monoisotopic (exact) mass is 576 g/mol. The van der Waals surface area contributed by atoms with Gasteiger partial charge >= 0.3 is 12.1 Å². The van der Waals surface area contributed by atoms with E-state index in [-0.39, 0.29) is 48.4 Å². The number of benzene rings is 1. The van der Waals surface area contributed by atoms with E-state index in [1.54, 1.807) is 24.3 Å². The number of ether oxygens (including phenoxy) is 1. The van der Waals surface area contributed by atoms with Gasteiger partial charge < -0.3 is 26.0 Å². The van der Waals surface area contributed by atoms with Crippen LogP contribution in [-0.2, 0) is 23.9 Å². The second kappa shape index (κ2) is 10.5. The maximum absolute atomic E-state index is 13.8. The standard InChI is InChI=1S/C27H31F3N6O5/c1-26(2)16-11-36(24(39)17(9-13-7-8-41-12-13)33-25(40)27(28,29)30)21(18(16)26)23(38)34-20(22(31)37)19-15-6-4-3-5-14(15)10-32-35-19/h3-6,10,13,16-18,20-21H,7-9,11-12H2,1-2H3,(H2,31,37)(H,33,40)(H,34,38)/t13?,16-,17-,18-,20?,21-/m0/s1. The fourth-order valence-electron chi connectivity index (χ4n) is 6.34. The lowest BCUT2D eigenvalue weighted by Crippen LogP contribution is -2.58. The molecular weight excluding hydrogens is 545 g/mol. The Balaban J connectivity index is 1.42. The van der Waals surface area contributed by atoms with Crippen LogP contribution in [0.3, 0.4) is 0 Å². The molecule has 3 fully saturated rings. The fraction of sp³-hybridized carbons (Fsp3) is 0.556. The predicted octanol–water partition coefficient (Wildman–Crippen LogP) is 1.23. The van der Waals surface area contributed by atoms with E-state index in [9.17, 15) is 32.3 Å². The van der Waals surface area contributed by atoms with Crippen LogP contribution in [0.2, 0.25) is 0 Å². The highest BCUT2D eigenvalue weighted by Crippen LogP contribution is 2.65. The third kappa shape index (κ3) is 5.44. The number of alkyl halides is 3. The summed E-state index contributed by atoms with van der Waals surface area (Å²) in [6, 6.07) is 2.97. The Kier molecular flexibility index (Phi) is 7.38. The fourth-order valence-corrected chi connectivity index (χ4v) is 6.34. The number of aromatic nitrogens is 2. The van der Waals surface area contributed by atoms with Gasteiger partial charge in [0.15, 0.2) is 6.04 Å². The number of halogens is 3. The molecule has 1 aliphatic carbocycles. The van der Waals surface area contributed by atoms with Crippen molar-refractivity contribution in [3.8, 4) is 0 Å². The van der Waals surface area contributed by atoms with Crippen LogP contribution in [0.1, 0.15) is 38.4 Å². The number of likely N-dealkylation sites (tertiary alicyclic amines) is 1. The second-order valence-electron chi connectivity index (χ2n) is 11.5. The number of hydrogen-bond acceptors (Lipinski definition) is 7. The van der Waals surface area contributed by atoms with Gasteiger partial charge in [-0.3, -0.25) is 19.2 Å². The van der Waals surface area contributed by atoms with Crippen molar-refractivity contribution in [1.82, 2.24) is 25.7 Å². The molecule has 2 unspecified atom stereocenters. The molecule has 5 rings (SSSR count). The van der Waals surface area contributed by atoms with Crippen LogP contribution < -0.4 is 16.4 Å². The number of carbonyl (C=O) groups excluding carboxylic acids is 4. The van der Waals surface area contributed by atoms with Crippen molar-refractivity contribution >= 4 is 34.4 Å². The highest BCUT2D eigenvalue weighted by molar-refractivity contribution is 5.97. The van der Waals surface area contributed by atoms with Crippen molar-refractivity contribution in [2.75, 3.05) is 19.8 Å². The number of nitrogens with one attached hydrogen (secondary N) is 2. The van der Waals surface area contributed by atoms with Gasteiger partial charge in [0.25, 0.3) is 0 Å². The van der Waals surface area contributed by atoms with E-state index < -0.39 is 47.9 Å². The summed E-state index contributed by atoms with van der Waals surface area (Å²) in [6.07, 6.45) is -3.23. The number of fused-ring (bicyclic) bond motifs is 2. The quantitative estimate of drug-likeness (QED) is 0.427. The summed E-state index contributed by atoms with van der Waals surface area (Å²) in [6.45, 7) is 4.64. The molecule has 0 spiro atoms. The lowest BCUT2D eigenvalue weighted by atomic mass is 9.95. The van der Waals surface area contributed by atoms with Crippen LogP contribution in [0.4, 0.5) is 13.2 Å². The zero-order valence-electron chi connectivity index (χ0n) is 22.5. The third-order valence-corrected chi connectivity index (χ3v) is 8.66. The predicted molar refractivity (Wildman–Crippen MR) is 137 cm³/mol. The highest BCUT2D eigenvalue weighted by atomic mass is 19.4. The molecule has 0 radical (unpaired) electrons. The summed E-state index contributed by atoms with van der Waals surface area (Å²) < 4.78 is 44.8. The Morgan fingerprint density at radius 1 is 1.20 bits per heavy atom. The van der Waals surface area contributed by atoms with Crippen LogP contribution in [0.15, 0.2) is 30.5 Å². The molecule has 3 heterocycles. The lowest BCUT2D eigenvalue weighted by Gasteiger charge is -2.34. The number of amides is 4. The minimum atomic E-state index is -5.19. The third-order valence-electron chi connectivity index (χ3n) is 8.66. The number of rotatable bonds is 8. The molecule has 2 aliphatic heterocycles. The minimum Gasteiger partial charge on any atom is -0.381 e. The molecule has 4 N–H and O–H groups in total. The lowest BCUT2D eigenvalue weighted by molar-refractivity contribution is -0.175. The largest absolute Gasteiger partial charge is 0.471 e. The Morgan fingerprint density at radius 3 is 2.59 bits per heavy atom. The van der Waals surface area contributed by atoms with E-state index in [0.29, 0.717) is 23.8 Å². The summed E-state index contributed by atoms with van der Waals surface area (Å²) in [5.74, 6) is -5.26. The van der Waals surface area contributed by atoms with Crippen molar-refractivity contribution in [1.29, 1.82) is 0 Å². The Morgan fingerprint density at radius 2 is 1.93 bits per heavy atom. The molecule has 1 aromatic heterocycles. The first kappa shape index (κ1) is 28.7. The van der Waals surface area contributed by atoms with Crippen molar-refractivity contribution in [2.45, 2.75) is 51.0 Å². The minimum absolute atomic E-state index is 0.0697. The zero-order chi connectivity index (χ0) is 29.7. The highest BCUT2D eigenvalue weighted by Gasteiger charge is 2.69. The molecule has 2 aromatic rings. The van der Waals surface area contributed by atoms with Crippen LogP contribution >= 0.6 is 0 Å². The molecule has 6 atom stereocenters. The van der Waals surface area contributed by atoms with Gasteiger partial charge in [-0.1, -0.05) is 38.1 Å². The molecule has 11 nitrogen and oxygen atoms in total. The zero-order valence-corrected chi connectivity index (χ0v) is 22.5. The van der Waals surface area contributed by atoms with Gasteiger partial charge in [-0.05, 0) is 36.0 Å². The van der Waals surface area contributed by atoms with E-state index in [4.69, 9.17) is 10.5 Å². The van der Waals surface area contributed by atoms with Gasteiger partial charge in [-0.25, -0.2) is 0 Å². The molecule has 3 aliphatic rings. The number of hydrogen-bond donors (Lipinski definition) is 3. The summed E-state index contributed by atoms with van der Waals surface area (Å²) in [5.41, 5.74) is 5.47. The van der Waals surface area contributed by atoms with Crippen molar-refractivity contribution in [3.63, 3.8) is 0 Å². The number of nitrogens with zero attached hydrogens (tertiary/aromatic N) is 3. The maximum Gasteiger partial charge on any atom is 0.471 e. The van der Waals surface area contributed by atoms with Crippen LogP contribution in [0.25, 0.3) is 10.8 Å². The molecule has 2 saturated heterocycles. The van der Waals surface area contributed by atoms with E-state index in [0.717, 1.165) is 0 Å². The van der Waals surface area contributed by atoms with E-state index >= 15 is 0 Å². The molecule has 4 amide bonds. The molecular formula is C27H31F3N6O5. The second-order valence-corrected chi connectivity index (χ2v) is 11.5. The van der Waals surface area contributed by atoms with Crippen LogP contribution in [0.5, 0.6) is 0 Å². The molecule has 1 aromatic carbocycles. The van der Waals surface area contributed by atoms with Crippen molar-refractivity contribution < 1.29 is 37.1 Å². The molecule has 14 heteroatoms. The smallest absolute Gasteiger partial charge is 0.381 e. The summed E-state index contributed by atoms with van der Waals surface area (Å²) in [5, 5.41) is 13.6. The average molecular weight is 577 g/mol. The summed E-state index contributed by atoms with van der Waals surface area (Å²) in [7, 11) is 0. The Labute approximate surface area is 233 Å². The molecule has 41 heavy (non-hydrogen) atoms. The van der Waals surface area contributed by atoms with Crippen LogP contribution in [0, 0.1) is 23.2 Å². The molecule has 1 saturated carbocycles. The first-order valence-corrected chi connectivity index (χ1v) is 13.4. The summed E-state index contributed by atoms with van der Waals surface area (Å²) in [4.78, 5) is 53.2. The Hall–Kier alpha value is -3.81. The first-order chi connectivity index (χ1) is 19.3. The van der Waals surface area contributed by atoms with Gasteiger partial charge in [0, 0.05) is 30.5 Å². The topological polar surface area (TPSA) is 157 Å². The first-order valence-electron chi connectivity index (χ1n) is 13.4. The number of piperidine rings is 1. The SMILES string of the molecule is CC1(C)[C@@H]2[C@@H](C(=O)NC(C(N)=O)c3nncc4ccccc34)N(C(=O)[C@H](CC3CCOC3)NC(=O)C(F)(F)F)C[C@@H]21. The summed E-state index contributed by atoms with van der Waals surface area (Å²) >= 11 is 0. The van der Waals surface area contributed by atoms with Crippen LogP contribution in [-0.4, -0.2) is 76.7 Å². The van der Waals surface area contributed by atoms with Gasteiger partial charge in [0.05, 0.1) is 6.20 Å². The van der Waals surface area contributed by atoms with E-state index in [1.807, 2.05) is 19.2 Å². The number of nitrogens with two attached hydrogens (primary N) is 1. The number of primary amides is 1. The van der Waals surface area contributed by atoms with Gasteiger partial charge in [-0.2, -0.15) is 23.4 Å². The maximum atomic E-state index is 13.8. The molecule has 0 bridgehead atoms. The number of carbonyl (C=O) groups is 4. The molecule has 220 valence electrons. The van der Waals surface area contributed by atoms with Gasteiger partial charge in [0.2, 0.25) is 17.7 Å². The van der Waals surface area contributed by atoms with Gasteiger partial charge in [0.1, 0.15) is 17.8 Å². The normalized spacial score (nSPS) is 26.2. The van der Waals surface area contributed by atoms with E-state index in [1.165, 1.54) is 11.1 Å². The van der Waals surface area contributed by atoms with Crippen molar-refractivity contribution in [2.24, 2.45) is 28.9 Å². The van der Waals surface area contributed by atoms with E-state index in [2.05, 4.69) is 15.5 Å². The van der Waals surface area contributed by atoms with Gasteiger partial charge in [-0.15, -0.1) is 0 Å².